The SMILES string of the molecule is NC(Cc1cn(-c2cc(Cl)ccc2[N+](=O)[O-])nn1)C(=O)O. The number of halogens is 1. The van der Waals surface area contributed by atoms with E-state index in [0.29, 0.717) is 10.7 Å². The van der Waals surface area contributed by atoms with Crippen LogP contribution >= 0.6 is 11.6 Å². The second-order valence-corrected chi connectivity index (χ2v) is 4.63. The van der Waals surface area contributed by atoms with Crippen molar-refractivity contribution in [2.24, 2.45) is 5.73 Å². The number of carboxylic acid groups (broad SMARTS) is 1. The van der Waals surface area contributed by atoms with Crippen molar-refractivity contribution in [3.63, 3.8) is 0 Å². The molecular formula is C11H10ClN5O4. The summed E-state index contributed by atoms with van der Waals surface area (Å²) in [6.45, 7) is 0. The van der Waals surface area contributed by atoms with Crippen LogP contribution < -0.4 is 5.73 Å². The normalized spacial score (nSPS) is 12.1. The van der Waals surface area contributed by atoms with Gasteiger partial charge in [-0.3, -0.25) is 14.9 Å². The molecule has 0 aliphatic rings. The van der Waals surface area contributed by atoms with Gasteiger partial charge in [0.15, 0.2) is 0 Å². The number of hydrogen-bond donors (Lipinski definition) is 2. The van der Waals surface area contributed by atoms with E-state index in [0.717, 1.165) is 4.68 Å². The second-order valence-electron chi connectivity index (χ2n) is 4.19. The van der Waals surface area contributed by atoms with Gasteiger partial charge in [0, 0.05) is 17.5 Å². The van der Waals surface area contributed by atoms with Crippen molar-refractivity contribution in [3.05, 3.63) is 45.2 Å². The van der Waals surface area contributed by atoms with E-state index < -0.39 is 16.9 Å². The van der Waals surface area contributed by atoms with Crippen molar-refractivity contribution in [2.75, 3.05) is 0 Å². The number of nitrogens with zero attached hydrogens (tertiary/aromatic N) is 4. The molecule has 1 unspecified atom stereocenters. The third kappa shape index (κ3) is 3.33. The molecule has 0 saturated heterocycles. The Labute approximate surface area is 123 Å². The highest BCUT2D eigenvalue weighted by Gasteiger charge is 2.19. The van der Waals surface area contributed by atoms with E-state index >= 15 is 0 Å². The van der Waals surface area contributed by atoms with Crippen LogP contribution in [0.2, 0.25) is 5.02 Å². The lowest BCUT2D eigenvalue weighted by atomic mass is 10.2. The minimum Gasteiger partial charge on any atom is -0.480 e. The van der Waals surface area contributed by atoms with Crippen molar-refractivity contribution in [3.8, 4) is 5.69 Å². The molecular weight excluding hydrogens is 302 g/mol. The molecule has 0 fully saturated rings. The zero-order valence-electron chi connectivity index (χ0n) is 10.5. The Bertz CT molecular complexity index is 702. The summed E-state index contributed by atoms with van der Waals surface area (Å²) in [5.74, 6) is -1.17. The molecule has 0 aliphatic heterocycles. The first kappa shape index (κ1) is 14.9. The Morgan fingerprint density at radius 2 is 2.29 bits per heavy atom. The molecule has 0 amide bonds. The van der Waals surface area contributed by atoms with Gasteiger partial charge < -0.3 is 10.8 Å². The van der Waals surface area contributed by atoms with E-state index in [9.17, 15) is 14.9 Å². The van der Waals surface area contributed by atoms with Crippen LogP contribution in [0.25, 0.3) is 5.69 Å². The lowest BCUT2D eigenvalue weighted by Gasteiger charge is -2.03. The Balaban J connectivity index is 2.35. The van der Waals surface area contributed by atoms with E-state index in [2.05, 4.69) is 10.3 Å². The smallest absolute Gasteiger partial charge is 0.320 e. The highest BCUT2D eigenvalue weighted by molar-refractivity contribution is 6.30. The molecule has 1 heterocycles. The van der Waals surface area contributed by atoms with Crippen LogP contribution in [-0.4, -0.2) is 37.0 Å². The van der Waals surface area contributed by atoms with Crippen molar-refractivity contribution < 1.29 is 14.8 Å². The molecule has 110 valence electrons. The number of carboxylic acids is 1. The molecule has 0 spiro atoms. The van der Waals surface area contributed by atoms with Gasteiger partial charge >= 0.3 is 5.97 Å². The second kappa shape index (κ2) is 5.85. The third-order valence-electron chi connectivity index (χ3n) is 2.67. The molecule has 0 radical (unpaired) electrons. The lowest BCUT2D eigenvalue weighted by molar-refractivity contribution is -0.384. The number of nitro benzene ring substituents is 1. The van der Waals surface area contributed by atoms with Gasteiger partial charge in [-0.05, 0) is 12.1 Å². The number of hydrogen-bond acceptors (Lipinski definition) is 6. The van der Waals surface area contributed by atoms with E-state index in [1.165, 1.54) is 24.4 Å². The molecule has 10 heteroatoms. The van der Waals surface area contributed by atoms with Gasteiger partial charge in [-0.1, -0.05) is 16.8 Å². The molecule has 21 heavy (non-hydrogen) atoms. The van der Waals surface area contributed by atoms with E-state index in [4.69, 9.17) is 22.4 Å². The molecule has 2 aromatic rings. The Morgan fingerprint density at radius 1 is 1.57 bits per heavy atom. The zero-order valence-corrected chi connectivity index (χ0v) is 11.3. The lowest BCUT2D eigenvalue weighted by Crippen LogP contribution is -2.32. The Morgan fingerprint density at radius 3 is 2.90 bits per heavy atom. The molecule has 1 aromatic carbocycles. The number of aromatic nitrogens is 3. The van der Waals surface area contributed by atoms with Crippen LogP contribution in [0.1, 0.15) is 5.69 Å². The Hall–Kier alpha value is -2.52. The summed E-state index contributed by atoms with van der Waals surface area (Å²) in [4.78, 5) is 21.1. The first-order chi connectivity index (χ1) is 9.88. The monoisotopic (exact) mass is 311 g/mol. The first-order valence-electron chi connectivity index (χ1n) is 5.72. The van der Waals surface area contributed by atoms with E-state index in [1.807, 2.05) is 0 Å². The van der Waals surface area contributed by atoms with Gasteiger partial charge in [0.1, 0.15) is 11.7 Å². The minimum absolute atomic E-state index is 0.0380. The van der Waals surface area contributed by atoms with Gasteiger partial charge in [0.05, 0.1) is 16.8 Å². The van der Waals surface area contributed by atoms with Crippen molar-refractivity contribution in [1.29, 1.82) is 0 Å². The average molecular weight is 312 g/mol. The van der Waals surface area contributed by atoms with Crippen LogP contribution in [0.3, 0.4) is 0 Å². The quantitative estimate of drug-likeness (QED) is 0.614. The fourth-order valence-corrected chi connectivity index (χ4v) is 1.82. The van der Waals surface area contributed by atoms with Crippen molar-refractivity contribution in [1.82, 2.24) is 15.0 Å². The number of nitrogens with two attached hydrogens (primary N) is 1. The van der Waals surface area contributed by atoms with Crippen molar-refractivity contribution in [2.45, 2.75) is 12.5 Å². The summed E-state index contributed by atoms with van der Waals surface area (Å²) in [6, 6.07) is 2.89. The highest BCUT2D eigenvalue weighted by Crippen LogP contribution is 2.25. The predicted molar refractivity (Wildman–Crippen MR) is 72.3 cm³/mol. The molecule has 0 aliphatic carbocycles. The summed E-state index contributed by atoms with van der Waals surface area (Å²) in [5.41, 5.74) is 5.64. The largest absolute Gasteiger partial charge is 0.480 e. The standard InChI is InChI=1S/C11H10ClN5O4/c12-6-1-2-9(17(20)21)10(3-6)16-5-7(14-15-16)4-8(13)11(18)19/h1-3,5,8H,4,13H2,(H,18,19). The molecule has 0 saturated carbocycles. The number of nitro groups is 1. The van der Waals surface area contributed by atoms with Crippen LogP contribution in [-0.2, 0) is 11.2 Å². The molecule has 9 nitrogen and oxygen atoms in total. The fourth-order valence-electron chi connectivity index (χ4n) is 1.66. The van der Waals surface area contributed by atoms with Crippen LogP contribution in [0.15, 0.2) is 24.4 Å². The maximum atomic E-state index is 11.0. The van der Waals surface area contributed by atoms with E-state index in [1.54, 1.807) is 0 Å². The molecule has 0 bridgehead atoms. The molecule has 1 aromatic heterocycles. The van der Waals surface area contributed by atoms with Gasteiger partial charge in [0.2, 0.25) is 0 Å². The van der Waals surface area contributed by atoms with Gasteiger partial charge in [-0.25, -0.2) is 4.68 Å². The number of rotatable bonds is 5. The summed E-state index contributed by atoms with van der Waals surface area (Å²) >= 11 is 5.82. The summed E-state index contributed by atoms with van der Waals surface area (Å²) in [6.07, 6.45) is 1.34. The summed E-state index contributed by atoms with van der Waals surface area (Å²) < 4.78 is 1.16. The average Bonchev–Trinajstić information content (AvgIpc) is 2.86. The highest BCUT2D eigenvalue weighted by atomic mass is 35.5. The maximum Gasteiger partial charge on any atom is 0.320 e. The van der Waals surface area contributed by atoms with E-state index in [-0.39, 0.29) is 17.8 Å². The molecule has 2 rings (SSSR count). The topological polar surface area (TPSA) is 137 Å². The summed E-state index contributed by atoms with van der Waals surface area (Å²) in [5, 5.41) is 27.5. The summed E-state index contributed by atoms with van der Waals surface area (Å²) in [7, 11) is 0. The van der Waals surface area contributed by atoms with Gasteiger partial charge in [0.25, 0.3) is 5.69 Å². The van der Waals surface area contributed by atoms with Crippen LogP contribution in [0.4, 0.5) is 5.69 Å². The third-order valence-corrected chi connectivity index (χ3v) is 2.90. The zero-order chi connectivity index (χ0) is 15.6. The fraction of sp³-hybridized carbons (Fsp3) is 0.182. The van der Waals surface area contributed by atoms with Crippen LogP contribution in [0, 0.1) is 10.1 Å². The number of carbonyl (C=O) groups is 1. The number of aliphatic carboxylic acids is 1. The predicted octanol–water partition coefficient (Wildman–Crippen LogP) is 0.783. The molecule has 3 N–H and O–H groups in total. The maximum absolute atomic E-state index is 11.0. The number of benzene rings is 1. The molecule has 1 atom stereocenters. The minimum atomic E-state index is -1.17. The first-order valence-corrected chi connectivity index (χ1v) is 6.10. The Kier molecular flexibility index (Phi) is 4.15. The van der Waals surface area contributed by atoms with Gasteiger partial charge in [-0.2, -0.15) is 0 Å². The van der Waals surface area contributed by atoms with Gasteiger partial charge in [-0.15, -0.1) is 5.10 Å². The van der Waals surface area contributed by atoms with Crippen molar-refractivity contribution >= 4 is 23.3 Å². The van der Waals surface area contributed by atoms with Crippen LogP contribution in [0.5, 0.6) is 0 Å².